The van der Waals surface area contributed by atoms with Crippen LogP contribution in [0.25, 0.3) is 6.08 Å². The van der Waals surface area contributed by atoms with Gasteiger partial charge in [0.25, 0.3) is 0 Å². The Balaban J connectivity index is 1.73. The molecule has 0 radical (unpaired) electrons. The molecule has 1 amide bonds. The number of anilines is 2. The molecule has 6 heteroatoms. The molecule has 0 atom stereocenters. The predicted molar refractivity (Wildman–Crippen MR) is 98.5 cm³/mol. The van der Waals surface area contributed by atoms with Crippen LogP contribution in [0.4, 0.5) is 15.8 Å². The van der Waals surface area contributed by atoms with Gasteiger partial charge in [-0.05, 0) is 42.0 Å². The maximum absolute atomic E-state index is 12.9. The van der Waals surface area contributed by atoms with Crippen LogP contribution in [0, 0.1) is 5.82 Å². The van der Waals surface area contributed by atoms with Crippen molar-refractivity contribution in [3.63, 3.8) is 0 Å². The van der Waals surface area contributed by atoms with Crippen molar-refractivity contribution in [3.05, 3.63) is 64.9 Å². The van der Waals surface area contributed by atoms with Crippen LogP contribution in [0.1, 0.15) is 5.56 Å². The zero-order chi connectivity index (χ0) is 17.6. The number of morpholine rings is 1. The van der Waals surface area contributed by atoms with Crippen LogP contribution in [0.15, 0.2) is 48.5 Å². The molecule has 25 heavy (non-hydrogen) atoms. The first kappa shape index (κ1) is 17.5. The number of carbonyl (C=O) groups excluding carboxylic acids is 1. The number of amides is 1. The molecular formula is C19H18ClFN2O2. The molecule has 2 aromatic carbocycles. The van der Waals surface area contributed by atoms with E-state index in [9.17, 15) is 9.18 Å². The molecule has 0 aliphatic carbocycles. The Kier molecular flexibility index (Phi) is 5.68. The lowest BCUT2D eigenvalue weighted by Crippen LogP contribution is -2.36. The number of benzene rings is 2. The molecule has 2 aromatic rings. The SMILES string of the molecule is O=C(/C=C/c1ccc(F)cc1)Nc1cc(Cl)ccc1N1CCOCC1. The van der Waals surface area contributed by atoms with Crippen LogP contribution in [0.3, 0.4) is 0 Å². The molecule has 0 saturated carbocycles. The fraction of sp³-hybridized carbons (Fsp3) is 0.211. The lowest BCUT2D eigenvalue weighted by Gasteiger charge is -2.30. The molecule has 1 aliphatic rings. The number of rotatable bonds is 4. The molecule has 0 spiro atoms. The van der Waals surface area contributed by atoms with Crippen LogP contribution in [-0.4, -0.2) is 32.2 Å². The lowest BCUT2D eigenvalue weighted by atomic mass is 10.2. The van der Waals surface area contributed by atoms with E-state index in [1.165, 1.54) is 18.2 Å². The van der Waals surface area contributed by atoms with Gasteiger partial charge in [0.15, 0.2) is 0 Å². The smallest absolute Gasteiger partial charge is 0.248 e. The second-order valence-corrected chi connectivity index (χ2v) is 6.07. The van der Waals surface area contributed by atoms with Gasteiger partial charge in [-0.1, -0.05) is 23.7 Å². The molecule has 0 unspecified atom stereocenters. The first-order valence-electron chi connectivity index (χ1n) is 7.99. The van der Waals surface area contributed by atoms with Crippen LogP contribution >= 0.6 is 11.6 Å². The summed E-state index contributed by atoms with van der Waals surface area (Å²) in [6.45, 7) is 2.83. The van der Waals surface area contributed by atoms with Gasteiger partial charge in [-0.25, -0.2) is 4.39 Å². The lowest BCUT2D eigenvalue weighted by molar-refractivity contribution is -0.111. The van der Waals surface area contributed by atoms with Crippen molar-refractivity contribution in [2.24, 2.45) is 0 Å². The van der Waals surface area contributed by atoms with Crippen molar-refractivity contribution < 1.29 is 13.9 Å². The minimum Gasteiger partial charge on any atom is -0.378 e. The molecule has 1 aliphatic heterocycles. The van der Waals surface area contributed by atoms with Gasteiger partial charge in [-0.2, -0.15) is 0 Å². The van der Waals surface area contributed by atoms with Crippen molar-refractivity contribution in [2.75, 3.05) is 36.5 Å². The minimum absolute atomic E-state index is 0.277. The van der Waals surface area contributed by atoms with Crippen LogP contribution in [0.5, 0.6) is 0 Å². The largest absolute Gasteiger partial charge is 0.378 e. The second-order valence-electron chi connectivity index (χ2n) is 5.64. The van der Waals surface area contributed by atoms with Crippen molar-refractivity contribution in [2.45, 2.75) is 0 Å². The Labute approximate surface area is 150 Å². The Morgan fingerprint density at radius 1 is 1.16 bits per heavy atom. The number of nitrogens with zero attached hydrogens (tertiary/aromatic N) is 1. The predicted octanol–water partition coefficient (Wildman–Crippen LogP) is 3.97. The summed E-state index contributed by atoms with van der Waals surface area (Å²) in [5, 5.41) is 3.41. The van der Waals surface area contributed by atoms with Crippen molar-refractivity contribution in [1.82, 2.24) is 0 Å². The number of hydrogen-bond acceptors (Lipinski definition) is 3. The number of nitrogens with one attached hydrogen (secondary N) is 1. The fourth-order valence-corrected chi connectivity index (χ4v) is 2.78. The van der Waals surface area contributed by atoms with E-state index in [2.05, 4.69) is 10.2 Å². The molecule has 0 bridgehead atoms. The number of carbonyl (C=O) groups is 1. The second kappa shape index (κ2) is 8.14. The maximum atomic E-state index is 12.9. The first-order chi connectivity index (χ1) is 12.1. The molecule has 1 saturated heterocycles. The van der Waals surface area contributed by atoms with Crippen molar-refractivity contribution in [3.8, 4) is 0 Å². The van der Waals surface area contributed by atoms with E-state index in [-0.39, 0.29) is 11.7 Å². The first-order valence-corrected chi connectivity index (χ1v) is 8.36. The van der Waals surface area contributed by atoms with Gasteiger partial charge >= 0.3 is 0 Å². The Morgan fingerprint density at radius 3 is 2.60 bits per heavy atom. The average molecular weight is 361 g/mol. The highest BCUT2D eigenvalue weighted by Gasteiger charge is 2.16. The van der Waals surface area contributed by atoms with Crippen molar-refractivity contribution >= 4 is 35.0 Å². The van der Waals surface area contributed by atoms with Gasteiger partial charge in [-0.15, -0.1) is 0 Å². The molecular weight excluding hydrogens is 343 g/mol. The van der Waals surface area contributed by atoms with Crippen LogP contribution in [0.2, 0.25) is 5.02 Å². The van der Waals surface area contributed by atoms with Gasteiger partial charge in [0, 0.05) is 24.2 Å². The summed E-state index contributed by atoms with van der Waals surface area (Å²) in [5.41, 5.74) is 2.32. The normalized spacial score (nSPS) is 14.7. The van der Waals surface area contributed by atoms with Gasteiger partial charge in [0.1, 0.15) is 5.82 Å². The summed E-state index contributed by atoms with van der Waals surface area (Å²) in [4.78, 5) is 14.4. The zero-order valence-electron chi connectivity index (χ0n) is 13.5. The highest BCUT2D eigenvalue weighted by atomic mass is 35.5. The van der Waals surface area contributed by atoms with E-state index < -0.39 is 0 Å². The number of ether oxygens (including phenoxy) is 1. The summed E-state index contributed by atoms with van der Waals surface area (Å²) in [5.74, 6) is -0.586. The standard InChI is InChI=1S/C19H18ClFN2O2/c20-15-4-7-18(23-9-11-25-12-10-23)17(13-15)22-19(24)8-3-14-1-5-16(21)6-2-14/h1-8,13H,9-12H2,(H,22,24)/b8-3+. The molecule has 1 heterocycles. The summed E-state index contributed by atoms with van der Waals surface area (Å²) in [6, 6.07) is 11.4. The van der Waals surface area contributed by atoms with E-state index >= 15 is 0 Å². The quantitative estimate of drug-likeness (QED) is 0.839. The third-order valence-corrected chi connectivity index (χ3v) is 4.10. The van der Waals surface area contributed by atoms with E-state index in [1.807, 2.05) is 6.07 Å². The van der Waals surface area contributed by atoms with E-state index in [0.717, 1.165) is 24.3 Å². The Morgan fingerprint density at radius 2 is 1.88 bits per heavy atom. The van der Waals surface area contributed by atoms with Crippen molar-refractivity contribution in [1.29, 1.82) is 0 Å². The summed E-state index contributed by atoms with van der Waals surface area (Å²) in [6.07, 6.45) is 3.05. The van der Waals surface area contributed by atoms with E-state index in [4.69, 9.17) is 16.3 Å². The van der Waals surface area contributed by atoms with Gasteiger partial charge in [-0.3, -0.25) is 4.79 Å². The molecule has 130 valence electrons. The van der Waals surface area contributed by atoms with E-state index in [0.29, 0.717) is 23.9 Å². The van der Waals surface area contributed by atoms with Gasteiger partial charge < -0.3 is 15.0 Å². The van der Waals surface area contributed by atoms with Crippen LogP contribution < -0.4 is 10.2 Å². The average Bonchev–Trinajstić information content (AvgIpc) is 2.62. The molecule has 3 rings (SSSR count). The zero-order valence-corrected chi connectivity index (χ0v) is 14.3. The Bertz CT molecular complexity index is 771. The number of hydrogen-bond donors (Lipinski definition) is 1. The van der Waals surface area contributed by atoms with E-state index in [1.54, 1.807) is 30.3 Å². The van der Waals surface area contributed by atoms with Gasteiger partial charge in [0.2, 0.25) is 5.91 Å². The summed E-state index contributed by atoms with van der Waals surface area (Å²) in [7, 11) is 0. The molecule has 1 N–H and O–H groups in total. The highest BCUT2D eigenvalue weighted by molar-refractivity contribution is 6.31. The summed E-state index contributed by atoms with van der Waals surface area (Å²) < 4.78 is 18.3. The minimum atomic E-state index is -0.310. The van der Waals surface area contributed by atoms with Gasteiger partial charge in [0.05, 0.1) is 24.6 Å². The third-order valence-electron chi connectivity index (χ3n) is 3.87. The molecule has 1 fully saturated rings. The topological polar surface area (TPSA) is 41.6 Å². The summed E-state index contributed by atoms with van der Waals surface area (Å²) >= 11 is 6.08. The highest BCUT2D eigenvalue weighted by Crippen LogP contribution is 2.30. The molecule has 4 nitrogen and oxygen atoms in total. The fourth-order valence-electron chi connectivity index (χ4n) is 2.61. The maximum Gasteiger partial charge on any atom is 0.248 e. The third kappa shape index (κ3) is 4.81. The number of halogens is 2. The van der Waals surface area contributed by atoms with Crippen LogP contribution in [-0.2, 0) is 9.53 Å². The Hall–Kier alpha value is -2.37. The molecule has 0 aromatic heterocycles. The monoisotopic (exact) mass is 360 g/mol.